The molecular weight excluding hydrogens is 368 g/mol. The summed E-state index contributed by atoms with van der Waals surface area (Å²) in [6, 6.07) is 0. The Labute approximate surface area is 175 Å². The molecule has 3 saturated carbocycles. The molecule has 3 rings (SSSR count). The van der Waals surface area contributed by atoms with E-state index >= 15 is 0 Å². The Kier molecular flexibility index (Phi) is 6.47. The van der Waals surface area contributed by atoms with E-state index in [1.807, 2.05) is 0 Å². The first-order valence-electron chi connectivity index (χ1n) is 11.2. The Morgan fingerprint density at radius 2 is 1.83 bits per heavy atom. The van der Waals surface area contributed by atoms with Crippen LogP contribution < -0.4 is 0 Å². The van der Waals surface area contributed by atoms with E-state index < -0.39 is 0 Å². The van der Waals surface area contributed by atoms with E-state index in [4.69, 9.17) is 9.47 Å². The molecule has 5 nitrogen and oxygen atoms in total. The molecule has 0 heterocycles. The van der Waals surface area contributed by atoms with Crippen molar-refractivity contribution in [3.05, 3.63) is 12.2 Å². The van der Waals surface area contributed by atoms with Crippen molar-refractivity contribution in [3.8, 4) is 0 Å². The van der Waals surface area contributed by atoms with Gasteiger partial charge in [-0.1, -0.05) is 26.0 Å². The van der Waals surface area contributed by atoms with Gasteiger partial charge < -0.3 is 14.6 Å². The molecule has 0 saturated heterocycles. The van der Waals surface area contributed by atoms with Crippen LogP contribution in [0.3, 0.4) is 0 Å². The van der Waals surface area contributed by atoms with Crippen molar-refractivity contribution in [1.82, 2.24) is 0 Å². The molecule has 0 amide bonds. The zero-order valence-electron chi connectivity index (χ0n) is 18.5. The third kappa shape index (κ3) is 4.12. The number of aliphatic hydroxyl groups excluding tert-OH is 1. The van der Waals surface area contributed by atoms with Crippen molar-refractivity contribution in [1.29, 1.82) is 0 Å². The molecular formula is C24H38O5. The third-order valence-corrected chi connectivity index (χ3v) is 8.76. The molecule has 2 unspecified atom stereocenters. The Morgan fingerprint density at radius 1 is 1.10 bits per heavy atom. The van der Waals surface area contributed by atoms with Crippen LogP contribution in [0.4, 0.5) is 0 Å². The number of aliphatic hydroxyl groups is 1. The minimum absolute atomic E-state index is 0.0541. The fraction of sp³-hybridized carbons (Fsp3) is 0.833. The number of fused-ring (bicyclic) bond motifs is 1. The quantitative estimate of drug-likeness (QED) is 0.545. The lowest BCUT2D eigenvalue weighted by Crippen LogP contribution is -2.52. The van der Waals surface area contributed by atoms with Gasteiger partial charge in [-0.15, -0.1) is 0 Å². The Morgan fingerprint density at radius 3 is 2.45 bits per heavy atom. The van der Waals surface area contributed by atoms with Gasteiger partial charge in [0, 0.05) is 26.4 Å². The van der Waals surface area contributed by atoms with E-state index in [0.29, 0.717) is 24.9 Å². The van der Waals surface area contributed by atoms with Crippen LogP contribution in [0.25, 0.3) is 0 Å². The number of esters is 2. The summed E-state index contributed by atoms with van der Waals surface area (Å²) >= 11 is 0. The van der Waals surface area contributed by atoms with E-state index in [0.717, 1.165) is 38.5 Å². The zero-order valence-corrected chi connectivity index (χ0v) is 18.5. The minimum Gasteiger partial charge on any atom is -0.466 e. The maximum atomic E-state index is 11.6. The van der Waals surface area contributed by atoms with Crippen molar-refractivity contribution in [3.63, 3.8) is 0 Å². The smallest absolute Gasteiger partial charge is 0.302 e. The van der Waals surface area contributed by atoms with Crippen molar-refractivity contribution < 1.29 is 24.2 Å². The van der Waals surface area contributed by atoms with Crippen LogP contribution in [-0.4, -0.2) is 36.4 Å². The first-order valence-corrected chi connectivity index (χ1v) is 11.2. The molecule has 164 valence electrons. The van der Waals surface area contributed by atoms with E-state index in [2.05, 4.69) is 20.4 Å². The molecule has 0 aromatic carbocycles. The summed E-state index contributed by atoms with van der Waals surface area (Å²) in [4.78, 5) is 23.0. The van der Waals surface area contributed by atoms with Gasteiger partial charge in [-0.3, -0.25) is 9.59 Å². The molecule has 3 aliphatic rings. The van der Waals surface area contributed by atoms with Crippen LogP contribution in [0.5, 0.6) is 0 Å². The highest BCUT2D eigenvalue weighted by atomic mass is 16.5. The second-order valence-corrected chi connectivity index (χ2v) is 10.2. The van der Waals surface area contributed by atoms with Gasteiger partial charge in [0.05, 0.1) is 6.61 Å². The molecule has 0 radical (unpaired) electrons. The van der Waals surface area contributed by atoms with Crippen LogP contribution in [0.15, 0.2) is 12.2 Å². The summed E-state index contributed by atoms with van der Waals surface area (Å²) in [6.07, 6.45) is 6.68. The maximum Gasteiger partial charge on any atom is 0.302 e. The summed E-state index contributed by atoms with van der Waals surface area (Å²) in [7, 11) is 0. The summed E-state index contributed by atoms with van der Waals surface area (Å²) in [5.41, 5.74) is 1.42. The van der Waals surface area contributed by atoms with Crippen LogP contribution in [0.1, 0.15) is 72.6 Å². The molecule has 0 aliphatic heterocycles. The van der Waals surface area contributed by atoms with Gasteiger partial charge >= 0.3 is 11.9 Å². The largest absolute Gasteiger partial charge is 0.466 e. The summed E-state index contributed by atoms with van der Waals surface area (Å²) in [6.45, 7) is 12.5. The highest BCUT2D eigenvalue weighted by molar-refractivity contribution is 5.66. The first-order chi connectivity index (χ1) is 13.6. The number of hydrogen-bond acceptors (Lipinski definition) is 5. The number of ether oxygens (including phenoxy) is 2. The monoisotopic (exact) mass is 406 g/mol. The van der Waals surface area contributed by atoms with Crippen LogP contribution in [-0.2, 0) is 19.1 Å². The minimum atomic E-state index is -0.249. The lowest BCUT2D eigenvalue weighted by Gasteiger charge is -2.56. The Hall–Kier alpha value is -1.36. The second-order valence-electron chi connectivity index (χ2n) is 10.2. The van der Waals surface area contributed by atoms with Crippen molar-refractivity contribution in [2.24, 2.45) is 34.5 Å². The van der Waals surface area contributed by atoms with Crippen LogP contribution in [0.2, 0.25) is 0 Å². The first kappa shape index (κ1) is 22.3. The molecule has 1 N–H and O–H groups in total. The van der Waals surface area contributed by atoms with Crippen molar-refractivity contribution in [2.45, 2.75) is 78.7 Å². The summed E-state index contributed by atoms with van der Waals surface area (Å²) in [5, 5.41) is 10.3. The number of allylic oxidation sites excluding steroid dienone is 1. The standard InChI is InChI=1S/C24H38O5/c1-15-6-7-21-20(14-28-16(2)26)22(9-11-23(15,21)4)24(5)10-8-19(29-17(3)27)12-18(24)13-25/h18-22,25H,1,6-14H2,2-5H3/t18-,19+,20+,21?,22?,23-,24+/m1/s1. The number of rotatable bonds is 5. The number of carbonyl (C=O) groups is 2. The Bertz CT molecular complexity index is 658. The lowest BCUT2D eigenvalue weighted by molar-refractivity contribution is -0.158. The average molecular weight is 407 g/mol. The molecule has 3 fully saturated rings. The molecule has 0 aromatic heterocycles. The van der Waals surface area contributed by atoms with Gasteiger partial charge in [0.15, 0.2) is 0 Å². The fourth-order valence-corrected chi connectivity index (χ4v) is 6.95. The topological polar surface area (TPSA) is 72.8 Å². The van der Waals surface area contributed by atoms with Gasteiger partial charge in [-0.2, -0.15) is 0 Å². The van der Waals surface area contributed by atoms with E-state index in [1.54, 1.807) is 0 Å². The maximum absolute atomic E-state index is 11.6. The summed E-state index contributed by atoms with van der Waals surface area (Å²) < 4.78 is 11.1. The molecule has 5 heteroatoms. The number of hydrogen-bond donors (Lipinski definition) is 1. The average Bonchev–Trinajstić information content (AvgIpc) is 2.96. The van der Waals surface area contributed by atoms with Crippen molar-refractivity contribution in [2.75, 3.05) is 13.2 Å². The summed E-state index contributed by atoms with van der Waals surface area (Å²) in [5.74, 6) is 0.730. The predicted octanol–water partition coefficient (Wildman–Crippen LogP) is 4.28. The van der Waals surface area contributed by atoms with Gasteiger partial charge in [0.2, 0.25) is 0 Å². The second kappa shape index (κ2) is 8.41. The lowest BCUT2D eigenvalue weighted by atomic mass is 9.49. The highest BCUT2D eigenvalue weighted by Crippen LogP contribution is 2.63. The number of carbonyl (C=O) groups excluding carboxylic acids is 2. The molecule has 0 spiro atoms. The normalized spacial score (nSPS) is 42.2. The fourth-order valence-electron chi connectivity index (χ4n) is 6.95. The van der Waals surface area contributed by atoms with E-state index in [1.165, 1.54) is 19.4 Å². The van der Waals surface area contributed by atoms with E-state index in [9.17, 15) is 14.7 Å². The zero-order chi connectivity index (χ0) is 21.4. The molecule has 7 atom stereocenters. The highest BCUT2D eigenvalue weighted by Gasteiger charge is 2.57. The SMILES string of the molecule is C=C1CCC2[C@H](COC(C)=O)C([C@@]3(C)CC[C@H](OC(C)=O)C[C@@H]3CO)CC[C@]12C. The van der Waals surface area contributed by atoms with Gasteiger partial charge in [-0.25, -0.2) is 0 Å². The van der Waals surface area contributed by atoms with Gasteiger partial charge in [0.1, 0.15) is 6.10 Å². The van der Waals surface area contributed by atoms with Crippen LogP contribution >= 0.6 is 0 Å². The third-order valence-electron chi connectivity index (χ3n) is 8.76. The molecule has 3 aliphatic carbocycles. The van der Waals surface area contributed by atoms with Crippen LogP contribution in [0, 0.1) is 34.5 Å². The predicted molar refractivity (Wildman–Crippen MR) is 111 cm³/mol. The molecule has 0 bridgehead atoms. The molecule has 0 aromatic rings. The van der Waals surface area contributed by atoms with E-state index in [-0.39, 0.29) is 47.3 Å². The van der Waals surface area contributed by atoms with Gasteiger partial charge in [0.25, 0.3) is 0 Å². The molecule has 29 heavy (non-hydrogen) atoms. The van der Waals surface area contributed by atoms with Crippen molar-refractivity contribution >= 4 is 11.9 Å². The Balaban J connectivity index is 1.86. The van der Waals surface area contributed by atoms with Gasteiger partial charge in [-0.05, 0) is 73.5 Å².